The molecule has 1 aliphatic rings. The summed E-state index contributed by atoms with van der Waals surface area (Å²) in [4.78, 5) is 8.25. The lowest BCUT2D eigenvalue weighted by Gasteiger charge is -2.10. The molecule has 0 aliphatic carbocycles. The predicted molar refractivity (Wildman–Crippen MR) is 84.3 cm³/mol. The van der Waals surface area contributed by atoms with E-state index >= 15 is 0 Å². The molecule has 0 spiro atoms. The van der Waals surface area contributed by atoms with Crippen LogP contribution in [0.2, 0.25) is 0 Å². The smallest absolute Gasteiger partial charge is 0.156 e. The number of aliphatic hydroxyl groups is 3. The highest BCUT2D eigenvalue weighted by Gasteiger charge is 2.28. The Kier molecular flexibility index (Phi) is 5.30. The summed E-state index contributed by atoms with van der Waals surface area (Å²) in [6, 6.07) is 0. The van der Waals surface area contributed by atoms with E-state index in [0.29, 0.717) is 5.82 Å². The van der Waals surface area contributed by atoms with Gasteiger partial charge in [0.2, 0.25) is 0 Å². The van der Waals surface area contributed by atoms with Crippen molar-refractivity contribution in [3.8, 4) is 0 Å². The van der Waals surface area contributed by atoms with Gasteiger partial charge < -0.3 is 25.8 Å². The topological polar surface area (TPSA) is 122 Å². The Balaban J connectivity index is 0.000000309. The minimum Gasteiger partial charge on any atom is -0.394 e. The number of thiophene rings is 1. The van der Waals surface area contributed by atoms with Gasteiger partial charge in [-0.25, -0.2) is 9.97 Å². The van der Waals surface area contributed by atoms with Gasteiger partial charge >= 0.3 is 0 Å². The summed E-state index contributed by atoms with van der Waals surface area (Å²) in [6.45, 7) is 2.68. The fraction of sp³-hybridized carbons (Fsp3) is 0.571. The number of hydrogen-bond acceptors (Lipinski definition) is 8. The highest BCUT2D eigenvalue weighted by Crippen LogP contribution is 2.39. The highest BCUT2D eigenvalue weighted by atomic mass is 32.1. The molecule has 1 saturated heterocycles. The zero-order valence-corrected chi connectivity index (χ0v) is 13.4. The van der Waals surface area contributed by atoms with Gasteiger partial charge in [-0.1, -0.05) is 0 Å². The predicted octanol–water partition coefficient (Wildman–Crippen LogP) is 1.19. The standard InChI is InChI=1S/C11H13N3O2S.C3H8O2/c12-11-10-9(13-5-14-11)7(4-17-10)8-2-1-6(3-15)16-8;1-3(2,4)5/h4-6,8,15H,1-3H2,(H2,12,13,14);4-5H,1-2H3. The number of aromatic nitrogens is 2. The van der Waals surface area contributed by atoms with Crippen LogP contribution in [0.25, 0.3) is 10.2 Å². The molecule has 2 unspecified atom stereocenters. The number of nitrogens with two attached hydrogens (primary N) is 1. The van der Waals surface area contributed by atoms with Crippen LogP contribution < -0.4 is 5.73 Å². The van der Waals surface area contributed by atoms with Gasteiger partial charge in [0.25, 0.3) is 0 Å². The van der Waals surface area contributed by atoms with Crippen LogP contribution in [0.3, 0.4) is 0 Å². The van der Waals surface area contributed by atoms with Crippen LogP contribution in [0.4, 0.5) is 5.82 Å². The van der Waals surface area contributed by atoms with Crippen LogP contribution >= 0.6 is 11.3 Å². The second kappa shape index (κ2) is 6.84. The number of nitrogens with zero attached hydrogens (tertiary/aromatic N) is 2. The van der Waals surface area contributed by atoms with Crippen molar-refractivity contribution < 1.29 is 20.1 Å². The van der Waals surface area contributed by atoms with Gasteiger partial charge in [0.1, 0.15) is 12.1 Å². The van der Waals surface area contributed by atoms with E-state index in [1.54, 1.807) is 11.3 Å². The number of fused-ring (bicyclic) bond motifs is 1. The first kappa shape index (κ1) is 17.0. The molecule has 2 atom stereocenters. The molecule has 2 aromatic heterocycles. The maximum Gasteiger partial charge on any atom is 0.156 e. The van der Waals surface area contributed by atoms with E-state index in [2.05, 4.69) is 9.97 Å². The second-order valence-electron chi connectivity index (χ2n) is 5.63. The SMILES string of the molecule is CC(C)(O)O.Nc1ncnc2c(C3CCC(CO)O3)csc12. The quantitative estimate of drug-likeness (QED) is 0.611. The largest absolute Gasteiger partial charge is 0.394 e. The van der Waals surface area contributed by atoms with Crippen molar-refractivity contribution in [2.45, 2.75) is 44.7 Å². The van der Waals surface area contributed by atoms with Gasteiger partial charge in [-0.2, -0.15) is 0 Å². The van der Waals surface area contributed by atoms with Crippen molar-refractivity contribution in [1.29, 1.82) is 0 Å². The first-order valence-corrected chi connectivity index (χ1v) is 7.86. The van der Waals surface area contributed by atoms with Gasteiger partial charge in [0, 0.05) is 5.56 Å². The Hall–Kier alpha value is -1.32. The fourth-order valence-electron chi connectivity index (χ4n) is 2.18. The van der Waals surface area contributed by atoms with E-state index in [0.717, 1.165) is 28.6 Å². The molecule has 0 aromatic carbocycles. The minimum absolute atomic E-state index is 0.0233. The molecule has 0 amide bonds. The third-order valence-electron chi connectivity index (χ3n) is 3.07. The number of ether oxygens (including phenoxy) is 1. The molecule has 0 bridgehead atoms. The van der Waals surface area contributed by atoms with Crippen molar-refractivity contribution >= 4 is 27.4 Å². The molecule has 0 saturated carbocycles. The average Bonchev–Trinajstić information content (AvgIpc) is 3.02. The number of rotatable bonds is 2. The van der Waals surface area contributed by atoms with E-state index in [-0.39, 0.29) is 18.8 Å². The molecule has 1 aliphatic heterocycles. The van der Waals surface area contributed by atoms with Crippen molar-refractivity contribution in [2.75, 3.05) is 12.3 Å². The zero-order chi connectivity index (χ0) is 16.3. The Labute approximate surface area is 132 Å². The monoisotopic (exact) mass is 327 g/mol. The van der Waals surface area contributed by atoms with Gasteiger partial charge in [-0.3, -0.25) is 0 Å². The maximum absolute atomic E-state index is 9.07. The lowest BCUT2D eigenvalue weighted by atomic mass is 10.1. The Morgan fingerprint density at radius 1 is 1.36 bits per heavy atom. The number of aliphatic hydroxyl groups excluding tert-OH is 1. The molecular weight excluding hydrogens is 306 g/mol. The first-order chi connectivity index (χ1) is 10.3. The zero-order valence-electron chi connectivity index (χ0n) is 12.6. The summed E-state index contributed by atoms with van der Waals surface area (Å²) in [5.41, 5.74) is 7.75. The molecular formula is C14H21N3O4S. The van der Waals surface area contributed by atoms with Crippen LogP contribution in [0, 0.1) is 0 Å². The minimum atomic E-state index is -1.50. The molecule has 2 aromatic rings. The van der Waals surface area contributed by atoms with E-state index in [4.69, 9.17) is 25.8 Å². The van der Waals surface area contributed by atoms with Crippen molar-refractivity contribution in [3.05, 3.63) is 17.3 Å². The van der Waals surface area contributed by atoms with Crippen molar-refractivity contribution in [2.24, 2.45) is 0 Å². The summed E-state index contributed by atoms with van der Waals surface area (Å²) in [5.74, 6) is -0.983. The van der Waals surface area contributed by atoms with Crippen LogP contribution in [0.1, 0.15) is 38.4 Å². The van der Waals surface area contributed by atoms with Crippen LogP contribution in [-0.2, 0) is 4.74 Å². The van der Waals surface area contributed by atoms with Gasteiger partial charge in [0.05, 0.1) is 29.0 Å². The van der Waals surface area contributed by atoms with Gasteiger partial charge in [-0.05, 0) is 32.1 Å². The van der Waals surface area contributed by atoms with Crippen LogP contribution in [0.5, 0.6) is 0 Å². The Bertz CT molecular complexity index is 620. The average molecular weight is 327 g/mol. The third-order valence-corrected chi connectivity index (χ3v) is 4.08. The third kappa shape index (κ3) is 4.34. The summed E-state index contributed by atoms with van der Waals surface area (Å²) >= 11 is 1.54. The Morgan fingerprint density at radius 2 is 2.05 bits per heavy atom. The first-order valence-electron chi connectivity index (χ1n) is 6.98. The second-order valence-corrected chi connectivity index (χ2v) is 6.51. The maximum atomic E-state index is 9.07. The number of anilines is 1. The van der Waals surface area contributed by atoms with Crippen LogP contribution in [0.15, 0.2) is 11.7 Å². The number of nitrogen functional groups attached to an aromatic ring is 1. The number of hydrogen-bond donors (Lipinski definition) is 4. The molecule has 22 heavy (non-hydrogen) atoms. The molecule has 5 N–H and O–H groups in total. The molecule has 3 heterocycles. The van der Waals surface area contributed by atoms with E-state index in [1.807, 2.05) is 5.38 Å². The van der Waals surface area contributed by atoms with E-state index in [1.165, 1.54) is 20.2 Å². The van der Waals surface area contributed by atoms with Crippen LogP contribution in [-0.4, -0.2) is 43.8 Å². The van der Waals surface area contributed by atoms with Gasteiger partial charge in [-0.15, -0.1) is 11.3 Å². The van der Waals surface area contributed by atoms with E-state index < -0.39 is 5.79 Å². The molecule has 0 radical (unpaired) electrons. The lowest BCUT2D eigenvalue weighted by molar-refractivity contribution is -0.127. The summed E-state index contributed by atoms with van der Waals surface area (Å²) in [7, 11) is 0. The van der Waals surface area contributed by atoms with E-state index in [9.17, 15) is 0 Å². The summed E-state index contributed by atoms with van der Waals surface area (Å²) in [6.07, 6.45) is 3.26. The van der Waals surface area contributed by atoms with Gasteiger partial charge in [0.15, 0.2) is 5.79 Å². The lowest BCUT2D eigenvalue weighted by Crippen LogP contribution is -2.15. The molecule has 1 fully saturated rings. The molecule has 3 rings (SSSR count). The van der Waals surface area contributed by atoms with Crippen molar-refractivity contribution in [1.82, 2.24) is 9.97 Å². The summed E-state index contributed by atoms with van der Waals surface area (Å²) < 4.78 is 6.67. The molecule has 122 valence electrons. The Morgan fingerprint density at radius 3 is 2.64 bits per heavy atom. The highest BCUT2D eigenvalue weighted by molar-refractivity contribution is 7.17. The van der Waals surface area contributed by atoms with Crippen molar-refractivity contribution in [3.63, 3.8) is 0 Å². The molecule has 7 nitrogen and oxygen atoms in total. The normalized spacial score (nSPS) is 21.7. The summed E-state index contributed by atoms with van der Waals surface area (Å²) in [5, 5.41) is 27.3. The molecule has 8 heteroatoms. The fourth-order valence-corrected chi connectivity index (χ4v) is 3.15.